The summed E-state index contributed by atoms with van der Waals surface area (Å²) in [5.74, 6) is 0.156. The van der Waals surface area contributed by atoms with Gasteiger partial charge in [-0.2, -0.15) is 0 Å². The van der Waals surface area contributed by atoms with Crippen LogP contribution in [0.5, 0.6) is 0 Å². The van der Waals surface area contributed by atoms with Gasteiger partial charge in [0.15, 0.2) is 0 Å². The Hall–Kier alpha value is -0.570. The van der Waals surface area contributed by atoms with E-state index in [0.717, 1.165) is 25.7 Å². The smallest absolute Gasteiger partial charge is 0.323 e. The van der Waals surface area contributed by atoms with Crippen molar-refractivity contribution in [1.29, 1.82) is 0 Å². The minimum atomic E-state index is -0.404. The van der Waals surface area contributed by atoms with Crippen molar-refractivity contribution in [3.05, 3.63) is 0 Å². The summed E-state index contributed by atoms with van der Waals surface area (Å²) >= 11 is 0. The fourth-order valence-corrected chi connectivity index (χ4v) is 2.88. The number of rotatable bonds is 8. The average molecular weight is 269 g/mol. The van der Waals surface area contributed by atoms with E-state index in [4.69, 9.17) is 10.5 Å². The fraction of sp³-hybridized carbons (Fsp3) is 0.938. The van der Waals surface area contributed by atoms with Crippen molar-refractivity contribution >= 4 is 5.97 Å². The van der Waals surface area contributed by atoms with Crippen molar-refractivity contribution in [1.82, 2.24) is 0 Å². The molecule has 1 fully saturated rings. The molecule has 0 aromatic rings. The average Bonchev–Trinajstić information content (AvgIpc) is 2.43. The lowest BCUT2D eigenvalue weighted by molar-refractivity contribution is -0.151. The van der Waals surface area contributed by atoms with Crippen LogP contribution < -0.4 is 5.73 Å². The van der Waals surface area contributed by atoms with Crippen molar-refractivity contribution in [2.45, 2.75) is 90.2 Å². The Morgan fingerprint density at radius 2 is 1.89 bits per heavy atom. The molecule has 0 heterocycles. The zero-order valence-electron chi connectivity index (χ0n) is 12.7. The van der Waals surface area contributed by atoms with Gasteiger partial charge < -0.3 is 10.5 Å². The molecule has 0 aromatic heterocycles. The molecule has 1 aliphatic rings. The molecular formula is C16H31NO2. The van der Waals surface area contributed by atoms with E-state index in [-0.39, 0.29) is 12.1 Å². The zero-order valence-corrected chi connectivity index (χ0v) is 12.7. The molecule has 2 N–H and O–H groups in total. The minimum absolute atomic E-state index is 0.0130. The molecule has 0 spiro atoms. The van der Waals surface area contributed by atoms with Crippen LogP contribution in [0.15, 0.2) is 0 Å². The molecular weight excluding hydrogens is 238 g/mol. The second-order valence-corrected chi connectivity index (χ2v) is 6.02. The van der Waals surface area contributed by atoms with Crippen LogP contribution in [0.1, 0.15) is 78.1 Å². The van der Waals surface area contributed by atoms with E-state index in [2.05, 4.69) is 6.92 Å². The lowest BCUT2D eigenvalue weighted by atomic mass is 9.84. The summed E-state index contributed by atoms with van der Waals surface area (Å²) in [5.41, 5.74) is 6.04. The molecule has 0 radical (unpaired) electrons. The molecule has 1 rings (SSSR count). The van der Waals surface area contributed by atoms with Gasteiger partial charge in [-0.3, -0.25) is 4.79 Å². The number of carbonyl (C=O) groups excluding carboxylic acids is 1. The molecule has 0 saturated heterocycles. The summed E-state index contributed by atoms with van der Waals surface area (Å²) in [6.07, 6.45) is 11.7. The Bertz CT molecular complexity index is 249. The second-order valence-electron chi connectivity index (χ2n) is 6.02. The fourth-order valence-electron chi connectivity index (χ4n) is 2.88. The maximum absolute atomic E-state index is 12.0. The monoisotopic (exact) mass is 269 g/mol. The van der Waals surface area contributed by atoms with Gasteiger partial charge in [-0.1, -0.05) is 45.4 Å². The van der Waals surface area contributed by atoms with E-state index in [0.29, 0.717) is 5.92 Å². The number of unbranched alkanes of at least 4 members (excludes halogenated alkanes) is 3. The van der Waals surface area contributed by atoms with Crippen LogP contribution in [-0.2, 0) is 9.53 Å². The highest BCUT2D eigenvalue weighted by Gasteiger charge is 2.28. The first-order valence-electron chi connectivity index (χ1n) is 8.11. The van der Waals surface area contributed by atoms with E-state index in [1.807, 2.05) is 6.92 Å². The number of esters is 1. The minimum Gasteiger partial charge on any atom is -0.462 e. The van der Waals surface area contributed by atoms with Crippen LogP contribution in [0, 0.1) is 5.92 Å². The highest BCUT2D eigenvalue weighted by atomic mass is 16.5. The quantitative estimate of drug-likeness (QED) is 0.538. The van der Waals surface area contributed by atoms with Crippen LogP contribution >= 0.6 is 0 Å². The lowest BCUT2D eigenvalue weighted by Crippen LogP contribution is -2.41. The molecule has 3 heteroatoms. The van der Waals surface area contributed by atoms with Gasteiger partial charge in [-0.25, -0.2) is 0 Å². The summed E-state index contributed by atoms with van der Waals surface area (Å²) in [4.78, 5) is 12.0. The van der Waals surface area contributed by atoms with Crippen molar-refractivity contribution in [3.63, 3.8) is 0 Å². The predicted molar refractivity (Wildman–Crippen MR) is 78.9 cm³/mol. The molecule has 2 atom stereocenters. The molecule has 1 aliphatic carbocycles. The lowest BCUT2D eigenvalue weighted by Gasteiger charge is -2.27. The standard InChI is InChI=1S/C16H31NO2/c1-3-4-5-7-10-13(2)19-16(18)15(17)14-11-8-6-9-12-14/h13-15H,3-12,17H2,1-2H3. The van der Waals surface area contributed by atoms with Crippen LogP contribution in [0.4, 0.5) is 0 Å². The molecule has 0 aromatic carbocycles. The van der Waals surface area contributed by atoms with Gasteiger partial charge in [-0.05, 0) is 38.5 Å². The van der Waals surface area contributed by atoms with Gasteiger partial charge in [0.2, 0.25) is 0 Å². The third kappa shape index (κ3) is 6.42. The predicted octanol–water partition coefficient (Wildman–Crippen LogP) is 3.80. The molecule has 2 unspecified atom stereocenters. The molecule has 0 bridgehead atoms. The third-order valence-electron chi connectivity index (χ3n) is 4.21. The molecule has 0 amide bonds. The molecule has 19 heavy (non-hydrogen) atoms. The van der Waals surface area contributed by atoms with E-state index < -0.39 is 6.04 Å². The first-order valence-corrected chi connectivity index (χ1v) is 8.11. The van der Waals surface area contributed by atoms with Gasteiger partial charge in [0.05, 0.1) is 6.10 Å². The third-order valence-corrected chi connectivity index (χ3v) is 4.21. The van der Waals surface area contributed by atoms with Crippen molar-refractivity contribution < 1.29 is 9.53 Å². The van der Waals surface area contributed by atoms with Gasteiger partial charge >= 0.3 is 5.97 Å². The van der Waals surface area contributed by atoms with Crippen LogP contribution in [0.2, 0.25) is 0 Å². The van der Waals surface area contributed by atoms with Gasteiger partial charge in [-0.15, -0.1) is 0 Å². The Balaban J connectivity index is 2.20. The SMILES string of the molecule is CCCCCCC(C)OC(=O)C(N)C1CCCCC1. The van der Waals surface area contributed by atoms with Gasteiger partial charge in [0.25, 0.3) is 0 Å². The Morgan fingerprint density at radius 1 is 1.21 bits per heavy atom. The number of carbonyl (C=O) groups is 1. The zero-order chi connectivity index (χ0) is 14.1. The van der Waals surface area contributed by atoms with E-state index in [1.54, 1.807) is 0 Å². The van der Waals surface area contributed by atoms with Gasteiger partial charge in [0, 0.05) is 0 Å². The summed E-state index contributed by atoms with van der Waals surface area (Å²) in [6, 6.07) is -0.404. The van der Waals surface area contributed by atoms with Crippen LogP contribution in [0.25, 0.3) is 0 Å². The maximum atomic E-state index is 12.0. The van der Waals surface area contributed by atoms with E-state index >= 15 is 0 Å². The first kappa shape index (κ1) is 16.5. The second kappa shape index (κ2) is 9.35. The maximum Gasteiger partial charge on any atom is 0.323 e. The molecule has 112 valence electrons. The Kier molecular flexibility index (Phi) is 8.11. The molecule has 0 aliphatic heterocycles. The van der Waals surface area contributed by atoms with Crippen LogP contribution in [0.3, 0.4) is 0 Å². The molecule has 3 nitrogen and oxygen atoms in total. The highest BCUT2D eigenvalue weighted by molar-refractivity contribution is 5.76. The van der Waals surface area contributed by atoms with Crippen LogP contribution in [-0.4, -0.2) is 18.1 Å². The number of ether oxygens (including phenoxy) is 1. The number of nitrogens with two attached hydrogens (primary N) is 1. The summed E-state index contributed by atoms with van der Waals surface area (Å²) in [6.45, 7) is 4.18. The van der Waals surface area contributed by atoms with E-state index in [9.17, 15) is 4.79 Å². The number of hydrogen-bond acceptors (Lipinski definition) is 3. The Morgan fingerprint density at radius 3 is 2.53 bits per heavy atom. The highest BCUT2D eigenvalue weighted by Crippen LogP contribution is 2.26. The largest absolute Gasteiger partial charge is 0.462 e. The Labute approximate surface area is 118 Å². The summed E-state index contributed by atoms with van der Waals surface area (Å²) < 4.78 is 5.48. The first-order chi connectivity index (χ1) is 9.15. The van der Waals surface area contributed by atoms with Gasteiger partial charge in [0.1, 0.15) is 6.04 Å². The normalized spacial score (nSPS) is 19.9. The van der Waals surface area contributed by atoms with Crippen molar-refractivity contribution in [2.24, 2.45) is 11.7 Å². The summed E-state index contributed by atoms with van der Waals surface area (Å²) in [7, 11) is 0. The summed E-state index contributed by atoms with van der Waals surface area (Å²) in [5, 5.41) is 0. The topological polar surface area (TPSA) is 52.3 Å². The molecule has 1 saturated carbocycles. The number of hydrogen-bond donors (Lipinski definition) is 1. The van der Waals surface area contributed by atoms with Crippen molar-refractivity contribution in [3.8, 4) is 0 Å². The van der Waals surface area contributed by atoms with E-state index in [1.165, 1.54) is 38.5 Å². The van der Waals surface area contributed by atoms with Crippen molar-refractivity contribution in [2.75, 3.05) is 0 Å².